The zero-order valence-corrected chi connectivity index (χ0v) is 24.2. The molecule has 2 N–H and O–H groups in total. The average Bonchev–Trinajstić information content (AvgIpc) is 3.82. The van der Waals surface area contributed by atoms with Gasteiger partial charge in [0.05, 0.1) is 24.7 Å². The molecule has 1 saturated carbocycles. The first kappa shape index (κ1) is 29.2. The van der Waals surface area contributed by atoms with Gasteiger partial charge in [0.15, 0.2) is 0 Å². The van der Waals surface area contributed by atoms with Crippen LogP contribution in [-0.4, -0.2) is 52.4 Å². The lowest BCUT2D eigenvalue weighted by Crippen LogP contribution is -2.47. The summed E-state index contributed by atoms with van der Waals surface area (Å²) >= 11 is 0. The first-order valence-corrected chi connectivity index (χ1v) is 15.0. The van der Waals surface area contributed by atoms with Crippen molar-refractivity contribution in [2.45, 2.75) is 44.3 Å². The van der Waals surface area contributed by atoms with Gasteiger partial charge in [-0.3, -0.25) is 15.2 Å². The Kier molecular flexibility index (Phi) is 8.98. The molecule has 2 fully saturated rings. The minimum atomic E-state index is -0.321. The molecule has 6 rings (SSSR count). The number of carbonyl (C=O) groups is 1. The molecular weight excluding hydrogens is 540 g/mol. The molecule has 4 aromatic carbocycles. The summed E-state index contributed by atoms with van der Waals surface area (Å²) in [6, 6.07) is 36.9. The van der Waals surface area contributed by atoms with E-state index in [-0.39, 0.29) is 35.3 Å². The lowest BCUT2D eigenvalue weighted by molar-refractivity contribution is -0.497. The minimum absolute atomic E-state index is 0.0663. The maximum atomic E-state index is 13.7. The van der Waals surface area contributed by atoms with E-state index in [0.717, 1.165) is 25.7 Å². The van der Waals surface area contributed by atoms with Crippen molar-refractivity contribution in [2.75, 3.05) is 19.7 Å². The van der Waals surface area contributed by atoms with Crippen LogP contribution in [0.4, 0.5) is 0 Å². The fraction of sp³-hybridized carbons (Fsp3) is 0.306. The van der Waals surface area contributed by atoms with Crippen LogP contribution in [0, 0.1) is 5.41 Å². The van der Waals surface area contributed by atoms with Gasteiger partial charge in [0.2, 0.25) is 0 Å². The Bertz CT molecular complexity index is 1510. The summed E-state index contributed by atoms with van der Waals surface area (Å²) in [5, 5.41) is 17.5. The molecule has 43 heavy (non-hydrogen) atoms. The molecule has 0 radical (unpaired) electrons. The molecule has 1 aliphatic carbocycles. The predicted molar refractivity (Wildman–Crippen MR) is 163 cm³/mol. The number of benzene rings is 4. The van der Waals surface area contributed by atoms with Crippen molar-refractivity contribution in [1.82, 2.24) is 10.3 Å². The molecule has 7 nitrogen and oxygen atoms in total. The van der Waals surface area contributed by atoms with E-state index < -0.39 is 0 Å². The molecule has 1 aliphatic heterocycles. The molecule has 1 unspecified atom stereocenters. The number of hydrogen-bond acceptors (Lipinski definition) is 6. The third kappa shape index (κ3) is 7.39. The number of nitrogens with zero attached hydrogens (tertiary/aromatic N) is 2. The van der Waals surface area contributed by atoms with Gasteiger partial charge in [-0.2, -0.15) is 0 Å². The summed E-state index contributed by atoms with van der Waals surface area (Å²) in [6.45, 7) is 1.73. The highest BCUT2D eigenvalue weighted by molar-refractivity contribution is 5.94. The number of carbonyl (C=O) groups excluding carboxylic acids is 1. The Morgan fingerprint density at radius 3 is 2.28 bits per heavy atom. The van der Waals surface area contributed by atoms with E-state index in [1.54, 1.807) is 24.3 Å². The number of rotatable bonds is 11. The van der Waals surface area contributed by atoms with Crippen molar-refractivity contribution in [1.29, 1.82) is 0 Å². The smallest absolute Gasteiger partial charge is 0.253 e. The second kappa shape index (κ2) is 13.2. The third-order valence-corrected chi connectivity index (χ3v) is 8.77. The minimum Gasteiger partial charge on any atom is -0.375 e. The molecule has 1 heterocycles. The number of amides is 1. The van der Waals surface area contributed by atoms with Gasteiger partial charge in [-0.05, 0) is 71.0 Å². The van der Waals surface area contributed by atoms with Crippen molar-refractivity contribution in [3.05, 3.63) is 131 Å². The van der Waals surface area contributed by atoms with Crippen molar-refractivity contribution >= 4 is 5.91 Å². The molecule has 2 aliphatic rings. The van der Waals surface area contributed by atoms with E-state index in [4.69, 9.17) is 20.0 Å². The first-order valence-electron chi connectivity index (χ1n) is 15.0. The zero-order chi connectivity index (χ0) is 29.6. The lowest BCUT2D eigenvalue weighted by Gasteiger charge is -2.39. The van der Waals surface area contributed by atoms with Crippen LogP contribution in [0.3, 0.4) is 0 Å². The van der Waals surface area contributed by atoms with E-state index >= 15 is 0 Å². The van der Waals surface area contributed by atoms with Crippen molar-refractivity contribution < 1.29 is 24.8 Å². The van der Waals surface area contributed by atoms with Crippen molar-refractivity contribution in [3.63, 3.8) is 0 Å². The molecule has 0 spiro atoms. The van der Waals surface area contributed by atoms with Crippen LogP contribution in [-0.2, 0) is 22.6 Å². The fourth-order valence-corrected chi connectivity index (χ4v) is 6.20. The van der Waals surface area contributed by atoms with E-state index in [9.17, 15) is 4.79 Å². The number of piperidine rings is 1. The van der Waals surface area contributed by atoms with Crippen LogP contribution >= 0.6 is 0 Å². The Morgan fingerprint density at radius 2 is 1.53 bits per heavy atom. The maximum Gasteiger partial charge on any atom is 0.253 e. The van der Waals surface area contributed by atoms with Gasteiger partial charge in [-0.1, -0.05) is 97.1 Å². The van der Waals surface area contributed by atoms with Gasteiger partial charge in [0.25, 0.3) is 5.91 Å². The van der Waals surface area contributed by atoms with Crippen LogP contribution in [0.15, 0.2) is 109 Å². The van der Waals surface area contributed by atoms with Crippen LogP contribution in [0.5, 0.6) is 0 Å². The normalized spacial score (nSPS) is 19.4. The Hall–Kier alpha value is -3.85. The topological polar surface area (TPSA) is 82.5 Å². The van der Waals surface area contributed by atoms with Crippen LogP contribution in [0.2, 0.25) is 0 Å². The van der Waals surface area contributed by atoms with Crippen LogP contribution in [0.25, 0.3) is 11.1 Å². The standard InChI is InChI=1S/C36H38N2O5/c39-35(32-16-7-11-28(21-32)25-43-38(40)41)37-20-17-33(31-15-8-14-30(22-31)29-12-5-2-6-13-29)34(24-37)42-26-36(18-19-36)23-27-9-3-1-4-10-27/h1-16,21-22,33-34,40-41H,17-20,23-26H2/t33-,34?/m1/s1. The Morgan fingerprint density at radius 1 is 0.837 bits per heavy atom. The highest BCUT2D eigenvalue weighted by atomic mass is 17.1. The summed E-state index contributed by atoms with van der Waals surface area (Å²) in [4.78, 5) is 20.3. The summed E-state index contributed by atoms with van der Waals surface area (Å²) in [6.07, 6.45) is 3.97. The second-order valence-electron chi connectivity index (χ2n) is 11.9. The van der Waals surface area contributed by atoms with Gasteiger partial charge >= 0.3 is 0 Å². The van der Waals surface area contributed by atoms with E-state index in [2.05, 4.69) is 78.9 Å². The molecule has 4 aromatic rings. The van der Waals surface area contributed by atoms with Crippen LogP contribution in [0.1, 0.15) is 52.2 Å². The number of ether oxygens (including phenoxy) is 1. The molecular formula is C36H38N2O5. The molecule has 0 aromatic heterocycles. The average molecular weight is 579 g/mol. The molecule has 0 bridgehead atoms. The highest BCUT2D eigenvalue weighted by Crippen LogP contribution is 2.49. The first-order chi connectivity index (χ1) is 21.0. The second-order valence-corrected chi connectivity index (χ2v) is 11.9. The van der Waals surface area contributed by atoms with Gasteiger partial charge in [-0.15, -0.1) is 0 Å². The molecule has 222 valence electrons. The largest absolute Gasteiger partial charge is 0.375 e. The van der Waals surface area contributed by atoms with Crippen molar-refractivity contribution in [2.24, 2.45) is 5.41 Å². The summed E-state index contributed by atoms with van der Waals surface area (Å²) < 4.78 is 6.83. The van der Waals surface area contributed by atoms with E-state index in [1.165, 1.54) is 22.3 Å². The van der Waals surface area contributed by atoms with E-state index in [1.807, 2.05) is 11.0 Å². The Balaban J connectivity index is 1.21. The quantitative estimate of drug-likeness (QED) is 0.188. The SMILES string of the molecule is O=C(c1cccc(CON(O)O)c1)N1CC[C@H](c2cccc(-c3ccccc3)c2)C(OCC2(Cc3ccccc3)CC2)C1. The lowest BCUT2D eigenvalue weighted by atomic mass is 9.85. The summed E-state index contributed by atoms with van der Waals surface area (Å²) in [5.74, 6) is 0.0993. The van der Waals surface area contributed by atoms with Crippen LogP contribution < -0.4 is 0 Å². The third-order valence-electron chi connectivity index (χ3n) is 8.77. The molecule has 7 heteroatoms. The monoisotopic (exact) mass is 578 g/mol. The van der Waals surface area contributed by atoms with Gasteiger partial charge in [-0.25, -0.2) is 4.84 Å². The maximum absolute atomic E-state index is 13.7. The summed E-state index contributed by atoms with van der Waals surface area (Å²) in [7, 11) is 0. The van der Waals surface area contributed by atoms with Gasteiger partial charge in [0, 0.05) is 24.6 Å². The highest BCUT2D eigenvalue weighted by Gasteiger charge is 2.44. The Labute approximate surface area is 252 Å². The predicted octanol–water partition coefficient (Wildman–Crippen LogP) is 6.90. The fourth-order valence-electron chi connectivity index (χ4n) is 6.20. The molecule has 2 atom stereocenters. The summed E-state index contributed by atoms with van der Waals surface area (Å²) in [5.41, 5.74) is 6.30. The van der Waals surface area contributed by atoms with Crippen molar-refractivity contribution in [3.8, 4) is 11.1 Å². The number of likely N-dealkylation sites (tertiary alicyclic amines) is 1. The number of hydrogen-bond donors (Lipinski definition) is 2. The van der Waals surface area contributed by atoms with Gasteiger partial charge < -0.3 is 9.64 Å². The van der Waals surface area contributed by atoms with Gasteiger partial charge in [0.1, 0.15) is 0 Å². The zero-order valence-electron chi connectivity index (χ0n) is 24.2. The molecule has 1 amide bonds. The molecule has 1 saturated heterocycles. The van der Waals surface area contributed by atoms with E-state index in [0.29, 0.717) is 30.8 Å².